The van der Waals surface area contributed by atoms with Crippen LogP contribution < -0.4 is 10.9 Å². The van der Waals surface area contributed by atoms with E-state index < -0.39 is 10.8 Å². The van der Waals surface area contributed by atoms with Crippen molar-refractivity contribution in [1.29, 1.82) is 0 Å². The Labute approximate surface area is 165 Å². The third kappa shape index (κ3) is 6.82. The molecule has 1 rings (SSSR count). The highest BCUT2D eigenvalue weighted by Crippen LogP contribution is 2.30. The van der Waals surface area contributed by atoms with Gasteiger partial charge in [-0.25, -0.2) is 0 Å². The van der Waals surface area contributed by atoms with Crippen molar-refractivity contribution in [3.05, 3.63) is 31.6 Å². The van der Waals surface area contributed by atoms with Gasteiger partial charge in [-0.05, 0) is 10.8 Å². The molecule has 156 valence electrons. The maximum absolute atomic E-state index is 11.5. The zero-order valence-electron chi connectivity index (χ0n) is 18.6. The molecule has 27 heavy (non-hydrogen) atoms. The van der Waals surface area contributed by atoms with E-state index in [9.17, 15) is 19.2 Å². The number of carbonyl (C=O) groups excluding carboxylic acids is 2. The zero-order valence-corrected chi connectivity index (χ0v) is 18.6. The molecule has 0 aliphatic heterocycles. The second kappa shape index (κ2) is 8.20. The van der Waals surface area contributed by atoms with Gasteiger partial charge in [0.15, 0.2) is 0 Å². The van der Waals surface area contributed by atoms with Crippen LogP contribution in [0.1, 0.15) is 102 Å². The van der Waals surface area contributed by atoms with Crippen molar-refractivity contribution in [2.24, 2.45) is 10.8 Å². The van der Waals surface area contributed by atoms with Gasteiger partial charge in [-0.2, -0.15) is 0 Å². The number of rotatable bonds is 1. The number of hydrogen-bond acceptors (Lipinski definition) is 4. The van der Waals surface area contributed by atoms with Crippen molar-refractivity contribution in [3.8, 4) is 0 Å². The van der Waals surface area contributed by atoms with E-state index in [1.807, 2.05) is 41.5 Å². The molecule has 0 aliphatic carbocycles. The van der Waals surface area contributed by atoms with Gasteiger partial charge >= 0.3 is 0 Å². The van der Waals surface area contributed by atoms with E-state index in [1.54, 1.807) is 41.5 Å². The lowest BCUT2D eigenvalue weighted by Gasteiger charge is -2.30. The molecule has 0 saturated heterocycles. The molecular weight excluding hydrogens is 340 g/mol. The topological polar surface area (TPSA) is 68.3 Å². The van der Waals surface area contributed by atoms with Crippen molar-refractivity contribution >= 4 is 11.6 Å². The largest absolute Gasteiger partial charge is 0.290 e. The molecule has 0 spiro atoms. The maximum Gasteiger partial charge on any atom is 0.230 e. The van der Waals surface area contributed by atoms with Gasteiger partial charge in [-0.15, -0.1) is 0 Å². The minimum Gasteiger partial charge on any atom is -0.290 e. The summed E-state index contributed by atoms with van der Waals surface area (Å²) in [5.74, 6) is -0.565. The predicted octanol–water partition coefficient (Wildman–Crippen LogP) is 4.73. The van der Waals surface area contributed by atoms with E-state index in [0.717, 1.165) is 11.1 Å². The second-order valence-electron chi connectivity index (χ2n) is 11.1. The van der Waals surface area contributed by atoms with E-state index in [1.165, 1.54) is 0 Å². The fraction of sp³-hybridized carbons (Fsp3) is 0.739. The first kappa shape index (κ1) is 27.6. The van der Waals surface area contributed by atoms with Gasteiger partial charge in [-0.1, -0.05) is 90.5 Å². The molecule has 0 saturated carbocycles. The molecule has 0 fully saturated rings. The highest BCUT2D eigenvalue weighted by atomic mass is 16.2. The summed E-state index contributed by atoms with van der Waals surface area (Å²) >= 11 is 0. The van der Waals surface area contributed by atoms with Gasteiger partial charge in [0.1, 0.15) is 0 Å². The molecule has 1 aromatic rings. The molecule has 0 amide bonds. The highest BCUT2D eigenvalue weighted by molar-refractivity contribution is 6.40. The van der Waals surface area contributed by atoms with Crippen molar-refractivity contribution in [2.75, 3.05) is 0 Å². The van der Waals surface area contributed by atoms with Crippen LogP contribution in [0.2, 0.25) is 0 Å². The SMILES string of the molecule is C.CC(C)(C)C(=O)C(=O)C(C)(C)C.CC(C)(C)c1c(C(C)(C)C)c(=O)c1=O. The van der Waals surface area contributed by atoms with Crippen LogP contribution in [0.4, 0.5) is 0 Å². The number of Topliss-reactive ketones (excluding diaryl/α,β-unsaturated/α-hetero) is 2. The summed E-state index contributed by atoms with van der Waals surface area (Å²) in [6, 6.07) is 0. The minimum atomic E-state index is -0.551. The Morgan fingerprint density at radius 2 is 0.704 bits per heavy atom. The molecule has 0 heterocycles. The fourth-order valence-electron chi connectivity index (χ4n) is 2.50. The van der Waals surface area contributed by atoms with Crippen LogP contribution in [0.25, 0.3) is 0 Å². The highest BCUT2D eigenvalue weighted by Gasteiger charge is 2.36. The summed E-state index contributed by atoms with van der Waals surface area (Å²) in [7, 11) is 0. The number of carbonyl (C=O) groups is 2. The molecule has 0 N–H and O–H groups in total. The Balaban J connectivity index is 0. The Morgan fingerprint density at radius 3 is 0.815 bits per heavy atom. The third-order valence-corrected chi connectivity index (χ3v) is 3.98. The van der Waals surface area contributed by atoms with Crippen molar-refractivity contribution in [3.63, 3.8) is 0 Å². The molecule has 0 unspecified atom stereocenters. The zero-order chi connectivity index (χ0) is 21.5. The summed E-state index contributed by atoms with van der Waals surface area (Å²) < 4.78 is 0. The molecular formula is C23H40O4. The standard InChI is InChI=1S/C12H18O2.C10H18O2.CH4/c1-11(2,3)7-8(12(4,5)6)10(14)9(7)13;1-9(2,3)7(11)8(12)10(4,5)6;/h1-6H3;1-6H3;1H4. The van der Waals surface area contributed by atoms with E-state index in [-0.39, 0.29) is 40.7 Å². The molecule has 1 aromatic carbocycles. The van der Waals surface area contributed by atoms with Crippen LogP contribution in [0.5, 0.6) is 0 Å². The number of ketones is 2. The van der Waals surface area contributed by atoms with E-state index in [2.05, 4.69) is 0 Å². The first-order valence-electron chi connectivity index (χ1n) is 9.07. The maximum atomic E-state index is 11.5. The third-order valence-electron chi connectivity index (χ3n) is 3.98. The lowest BCUT2D eigenvalue weighted by Crippen LogP contribution is -2.48. The van der Waals surface area contributed by atoms with Crippen molar-refractivity contribution < 1.29 is 9.59 Å². The number of hydrogen-bond donors (Lipinski definition) is 0. The Kier molecular flexibility index (Phi) is 8.39. The first-order valence-corrected chi connectivity index (χ1v) is 9.07. The van der Waals surface area contributed by atoms with Gasteiger partial charge in [0.2, 0.25) is 22.4 Å². The summed E-state index contributed by atoms with van der Waals surface area (Å²) in [6.45, 7) is 22.4. The Hall–Kier alpha value is -1.58. The van der Waals surface area contributed by atoms with Crippen LogP contribution in [-0.2, 0) is 20.4 Å². The lowest BCUT2D eigenvalue weighted by atomic mass is 9.71. The Morgan fingerprint density at radius 1 is 0.519 bits per heavy atom. The average molecular weight is 381 g/mol. The molecule has 0 aromatic heterocycles. The summed E-state index contributed by atoms with van der Waals surface area (Å²) in [6.07, 6.45) is 0. The van der Waals surface area contributed by atoms with Crippen LogP contribution in [0.15, 0.2) is 9.59 Å². The minimum absolute atomic E-state index is 0. The van der Waals surface area contributed by atoms with Crippen LogP contribution in [-0.4, -0.2) is 11.6 Å². The molecule has 0 radical (unpaired) electrons. The fourth-order valence-corrected chi connectivity index (χ4v) is 2.50. The summed E-state index contributed by atoms with van der Waals surface area (Å²) in [4.78, 5) is 45.8. The van der Waals surface area contributed by atoms with Gasteiger partial charge < -0.3 is 0 Å². The van der Waals surface area contributed by atoms with Gasteiger partial charge in [-0.3, -0.25) is 19.2 Å². The average Bonchev–Trinajstić information content (AvgIpc) is 2.37. The van der Waals surface area contributed by atoms with Gasteiger partial charge in [0.25, 0.3) is 0 Å². The van der Waals surface area contributed by atoms with Gasteiger partial charge in [0, 0.05) is 22.0 Å². The quantitative estimate of drug-likeness (QED) is 0.661. The molecule has 4 nitrogen and oxygen atoms in total. The van der Waals surface area contributed by atoms with E-state index >= 15 is 0 Å². The smallest absolute Gasteiger partial charge is 0.230 e. The second-order valence-corrected chi connectivity index (χ2v) is 11.1. The Bertz CT molecular complexity index is 679. The molecule has 0 aliphatic rings. The van der Waals surface area contributed by atoms with Crippen LogP contribution >= 0.6 is 0 Å². The first-order chi connectivity index (χ1) is 11.1. The summed E-state index contributed by atoms with van der Waals surface area (Å²) in [5, 5.41) is 0. The van der Waals surface area contributed by atoms with Crippen molar-refractivity contribution in [1.82, 2.24) is 0 Å². The van der Waals surface area contributed by atoms with Gasteiger partial charge in [0.05, 0.1) is 0 Å². The predicted molar refractivity (Wildman–Crippen MR) is 114 cm³/mol. The normalized spacial score (nSPS) is 12.7. The molecule has 4 heteroatoms. The van der Waals surface area contributed by atoms with E-state index in [0.29, 0.717) is 0 Å². The summed E-state index contributed by atoms with van der Waals surface area (Å²) in [5.41, 5.74) is -0.675. The van der Waals surface area contributed by atoms with Crippen LogP contribution in [0.3, 0.4) is 0 Å². The van der Waals surface area contributed by atoms with Crippen LogP contribution in [0, 0.1) is 10.8 Å². The van der Waals surface area contributed by atoms with Crippen molar-refractivity contribution in [2.45, 2.75) is 101 Å². The molecule has 0 atom stereocenters. The van der Waals surface area contributed by atoms with E-state index in [4.69, 9.17) is 0 Å². The lowest BCUT2D eigenvalue weighted by molar-refractivity contribution is -0.145. The monoisotopic (exact) mass is 380 g/mol. The molecule has 0 bridgehead atoms.